The van der Waals surface area contributed by atoms with Gasteiger partial charge < -0.3 is 10.6 Å². The van der Waals surface area contributed by atoms with Crippen molar-refractivity contribution < 1.29 is 12.8 Å². The van der Waals surface area contributed by atoms with Gasteiger partial charge in [-0.1, -0.05) is 38.1 Å². The molecule has 4 N–H and O–H groups in total. The fourth-order valence-corrected chi connectivity index (χ4v) is 3.14. The van der Waals surface area contributed by atoms with Crippen molar-refractivity contribution in [1.82, 2.24) is 10.6 Å². The molecule has 0 atom stereocenters. The molecule has 0 aliphatic heterocycles. The van der Waals surface area contributed by atoms with Crippen LogP contribution in [0, 0.1) is 5.82 Å². The second-order valence-electron chi connectivity index (χ2n) is 6.87. The Balaban J connectivity index is 0.00000392. The van der Waals surface area contributed by atoms with Gasteiger partial charge in [-0.15, -0.1) is 24.0 Å². The number of nitrogens with two attached hydrogens (primary N) is 1. The van der Waals surface area contributed by atoms with Crippen LogP contribution in [0.5, 0.6) is 0 Å². The van der Waals surface area contributed by atoms with E-state index >= 15 is 0 Å². The molecule has 0 saturated carbocycles. The van der Waals surface area contributed by atoms with Gasteiger partial charge >= 0.3 is 0 Å². The van der Waals surface area contributed by atoms with E-state index in [-0.39, 0.29) is 40.1 Å². The first-order valence-electron chi connectivity index (χ1n) is 8.44. The van der Waals surface area contributed by atoms with Gasteiger partial charge in [-0.05, 0) is 35.4 Å². The summed E-state index contributed by atoms with van der Waals surface area (Å²) in [6, 6.07) is 12.9. The van der Waals surface area contributed by atoms with Gasteiger partial charge in [0.1, 0.15) is 5.82 Å². The van der Waals surface area contributed by atoms with Gasteiger partial charge in [-0.3, -0.25) is 4.99 Å². The number of nitrogens with zero attached hydrogens (tertiary/aromatic N) is 1. The van der Waals surface area contributed by atoms with Crippen LogP contribution in [0.15, 0.2) is 58.4 Å². The summed E-state index contributed by atoms with van der Waals surface area (Å²) in [5, 5.41) is 11.5. The van der Waals surface area contributed by atoms with Crippen LogP contribution in [0.4, 0.5) is 4.39 Å². The molecule has 0 amide bonds. The van der Waals surface area contributed by atoms with Crippen molar-refractivity contribution in [1.29, 1.82) is 0 Å². The van der Waals surface area contributed by atoms with Gasteiger partial charge in [0.2, 0.25) is 10.0 Å². The molecule has 28 heavy (non-hydrogen) atoms. The molecule has 0 fully saturated rings. The highest BCUT2D eigenvalue weighted by Gasteiger charge is 2.21. The second kappa shape index (κ2) is 10.2. The third-order valence-corrected chi connectivity index (χ3v) is 5.13. The third-order valence-electron chi connectivity index (χ3n) is 4.21. The highest BCUT2D eigenvalue weighted by atomic mass is 127. The number of halogens is 2. The van der Waals surface area contributed by atoms with Gasteiger partial charge in [0, 0.05) is 25.6 Å². The first-order valence-corrected chi connectivity index (χ1v) is 9.99. The minimum absolute atomic E-state index is 0. The number of benzene rings is 2. The van der Waals surface area contributed by atoms with Gasteiger partial charge in [-0.2, -0.15) is 0 Å². The molecule has 0 aromatic heterocycles. The molecule has 0 saturated heterocycles. The van der Waals surface area contributed by atoms with Crippen LogP contribution in [0.25, 0.3) is 0 Å². The van der Waals surface area contributed by atoms with Crippen LogP contribution in [0.2, 0.25) is 0 Å². The van der Waals surface area contributed by atoms with Crippen molar-refractivity contribution in [2.75, 3.05) is 13.6 Å². The number of rotatable bonds is 6. The second-order valence-corrected chi connectivity index (χ2v) is 8.43. The molecule has 0 radical (unpaired) electrons. The lowest BCUT2D eigenvalue weighted by Gasteiger charge is -2.27. The summed E-state index contributed by atoms with van der Waals surface area (Å²) >= 11 is 0. The van der Waals surface area contributed by atoms with Gasteiger partial charge in [-0.25, -0.2) is 17.9 Å². The fraction of sp³-hybridized carbons (Fsp3) is 0.316. The Hall–Kier alpha value is -1.72. The van der Waals surface area contributed by atoms with Crippen molar-refractivity contribution in [3.63, 3.8) is 0 Å². The first-order chi connectivity index (χ1) is 12.6. The average Bonchev–Trinajstić information content (AvgIpc) is 2.61. The standard InChI is InChI=1S/C19H25FN4O2S.HI/c1-19(2,15-7-5-8-16(20)11-15)13-24-18(22-3)23-12-14-6-4-9-17(10-14)27(21,25)26;/h4-11H,12-13H2,1-3H3,(H2,21,25,26)(H2,22,23,24);1H. The zero-order valence-corrected chi connectivity index (χ0v) is 19.2. The summed E-state index contributed by atoms with van der Waals surface area (Å²) in [6.07, 6.45) is 0. The van der Waals surface area contributed by atoms with Crippen molar-refractivity contribution in [2.45, 2.75) is 30.7 Å². The number of sulfonamides is 1. The van der Waals surface area contributed by atoms with Crippen LogP contribution >= 0.6 is 24.0 Å². The molecule has 0 bridgehead atoms. The molecule has 2 aromatic carbocycles. The molecule has 0 aliphatic carbocycles. The topological polar surface area (TPSA) is 96.6 Å². The molecule has 2 rings (SSSR count). The molecule has 154 valence electrons. The largest absolute Gasteiger partial charge is 0.356 e. The number of hydrogen-bond donors (Lipinski definition) is 3. The van der Waals surface area contributed by atoms with E-state index in [1.807, 2.05) is 19.9 Å². The summed E-state index contributed by atoms with van der Waals surface area (Å²) in [4.78, 5) is 4.23. The predicted octanol–water partition coefficient (Wildman–Crippen LogP) is 2.73. The van der Waals surface area contributed by atoms with Crippen LogP contribution < -0.4 is 15.8 Å². The van der Waals surface area contributed by atoms with Gasteiger partial charge in [0.25, 0.3) is 0 Å². The van der Waals surface area contributed by atoms with Gasteiger partial charge in [0.15, 0.2) is 5.96 Å². The van der Waals surface area contributed by atoms with Crippen LogP contribution in [0.3, 0.4) is 0 Å². The van der Waals surface area contributed by atoms with Crippen molar-refractivity contribution >= 4 is 40.0 Å². The van der Waals surface area contributed by atoms with E-state index < -0.39 is 10.0 Å². The smallest absolute Gasteiger partial charge is 0.238 e. The van der Waals surface area contributed by atoms with Crippen LogP contribution in [0.1, 0.15) is 25.0 Å². The van der Waals surface area contributed by atoms with E-state index in [1.54, 1.807) is 25.2 Å². The van der Waals surface area contributed by atoms with E-state index in [4.69, 9.17) is 5.14 Å². The van der Waals surface area contributed by atoms with E-state index in [1.165, 1.54) is 24.3 Å². The van der Waals surface area contributed by atoms with Crippen molar-refractivity contribution in [3.05, 3.63) is 65.5 Å². The third kappa shape index (κ3) is 7.02. The Bertz CT molecular complexity index is 933. The Morgan fingerprint density at radius 2 is 1.82 bits per heavy atom. The Morgan fingerprint density at radius 1 is 1.14 bits per heavy atom. The van der Waals surface area contributed by atoms with E-state index in [9.17, 15) is 12.8 Å². The average molecular weight is 520 g/mol. The number of nitrogens with one attached hydrogen (secondary N) is 2. The maximum atomic E-state index is 13.5. The predicted molar refractivity (Wildman–Crippen MR) is 121 cm³/mol. The fourth-order valence-electron chi connectivity index (χ4n) is 2.56. The van der Waals surface area contributed by atoms with Crippen molar-refractivity contribution in [3.8, 4) is 0 Å². The quantitative estimate of drug-likeness (QED) is 0.310. The number of primary sulfonamides is 1. The maximum absolute atomic E-state index is 13.5. The molecular formula is C19H26FIN4O2S. The molecule has 0 heterocycles. The van der Waals surface area contributed by atoms with Crippen LogP contribution in [-0.4, -0.2) is 28.0 Å². The molecule has 0 aliphatic rings. The van der Waals surface area contributed by atoms with E-state index in [0.717, 1.165) is 11.1 Å². The number of aliphatic imine (C=N–C) groups is 1. The monoisotopic (exact) mass is 520 g/mol. The molecule has 0 unspecified atom stereocenters. The summed E-state index contributed by atoms with van der Waals surface area (Å²) in [5.74, 6) is 0.290. The minimum atomic E-state index is -3.74. The lowest BCUT2D eigenvalue weighted by Crippen LogP contribution is -2.43. The Morgan fingerprint density at radius 3 is 2.43 bits per heavy atom. The zero-order valence-electron chi connectivity index (χ0n) is 16.1. The lowest BCUT2D eigenvalue weighted by atomic mass is 9.84. The SMILES string of the molecule is CN=C(NCc1cccc(S(N)(=O)=O)c1)NCC(C)(C)c1cccc(F)c1.I. The zero-order chi connectivity index (χ0) is 20.1. The summed E-state index contributed by atoms with van der Waals surface area (Å²) in [6.45, 7) is 4.94. The summed E-state index contributed by atoms with van der Waals surface area (Å²) in [5.41, 5.74) is 1.33. The van der Waals surface area contributed by atoms with E-state index in [2.05, 4.69) is 15.6 Å². The first kappa shape index (κ1) is 24.3. The number of hydrogen-bond acceptors (Lipinski definition) is 3. The Kier molecular flexibility index (Phi) is 8.83. The number of guanidine groups is 1. The Labute approximate surface area is 182 Å². The molecular weight excluding hydrogens is 494 g/mol. The maximum Gasteiger partial charge on any atom is 0.238 e. The molecule has 0 spiro atoms. The normalized spacial score (nSPS) is 12.2. The molecule has 2 aromatic rings. The summed E-state index contributed by atoms with van der Waals surface area (Å²) < 4.78 is 36.4. The van der Waals surface area contributed by atoms with Crippen LogP contribution in [-0.2, 0) is 22.0 Å². The highest BCUT2D eigenvalue weighted by Crippen LogP contribution is 2.22. The summed E-state index contributed by atoms with van der Waals surface area (Å²) in [7, 11) is -2.09. The lowest BCUT2D eigenvalue weighted by molar-refractivity contribution is 0.503. The van der Waals surface area contributed by atoms with Gasteiger partial charge in [0.05, 0.1) is 4.90 Å². The highest BCUT2D eigenvalue weighted by molar-refractivity contribution is 14.0. The van der Waals surface area contributed by atoms with Crippen molar-refractivity contribution in [2.24, 2.45) is 10.1 Å². The minimum Gasteiger partial charge on any atom is -0.356 e. The molecule has 6 nitrogen and oxygen atoms in total. The molecule has 9 heteroatoms. The van der Waals surface area contributed by atoms with E-state index in [0.29, 0.717) is 19.0 Å².